The molecule has 12 rings (SSSR count). The molecular weight excluding hydrogens is 665 g/mol. The molecule has 0 fully saturated rings. The molecule has 0 saturated carbocycles. The first-order valence-electron chi connectivity index (χ1n) is 19.0. The molecule has 0 unspecified atom stereocenters. The predicted molar refractivity (Wildman–Crippen MR) is 235 cm³/mol. The number of rotatable bonds is 3. The first-order valence-corrected chi connectivity index (χ1v) is 19.0. The van der Waals surface area contributed by atoms with Gasteiger partial charge in [0.05, 0.1) is 0 Å². The normalized spacial score (nSPS) is 12.0. The van der Waals surface area contributed by atoms with Gasteiger partial charge in [-0.15, -0.1) is 0 Å². The summed E-state index contributed by atoms with van der Waals surface area (Å²) >= 11 is 0. The Balaban J connectivity index is 1.06. The minimum Gasteiger partial charge on any atom is -0.455 e. The molecular formula is C54H32O. The molecule has 0 atom stereocenters. The van der Waals surface area contributed by atoms with Crippen LogP contribution < -0.4 is 0 Å². The highest BCUT2D eigenvalue weighted by Crippen LogP contribution is 2.46. The molecule has 0 spiro atoms. The van der Waals surface area contributed by atoms with Gasteiger partial charge < -0.3 is 4.42 Å². The highest BCUT2D eigenvalue weighted by Gasteiger charge is 2.19. The van der Waals surface area contributed by atoms with Crippen molar-refractivity contribution in [1.29, 1.82) is 0 Å². The summed E-state index contributed by atoms with van der Waals surface area (Å²) in [4.78, 5) is 0. The lowest BCUT2D eigenvalue weighted by Gasteiger charge is -2.18. The van der Waals surface area contributed by atoms with Crippen LogP contribution in [0, 0.1) is 0 Å². The van der Waals surface area contributed by atoms with Crippen molar-refractivity contribution in [1.82, 2.24) is 0 Å². The van der Waals surface area contributed by atoms with Crippen molar-refractivity contribution in [2.24, 2.45) is 0 Å². The summed E-state index contributed by atoms with van der Waals surface area (Å²) in [6.45, 7) is 0. The van der Waals surface area contributed by atoms with E-state index in [9.17, 15) is 0 Å². The number of benzene rings is 11. The molecule has 0 radical (unpaired) electrons. The third kappa shape index (κ3) is 4.48. The molecule has 0 aliphatic heterocycles. The van der Waals surface area contributed by atoms with Gasteiger partial charge in [-0.1, -0.05) is 164 Å². The van der Waals surface area contributed by atoms with E-state index >= 15 is 0 Å². The third-order valence-corrected chi connectivity index (χ3v) is 11.8. The molecule has 0 bridgehead atoms. The lowest BCUT2D eigenvalue weighted by atomic mass is 9.85. The molecule has 0 saturated heterocycles. The van der Waals surface area contributed by atoms with Crippen LogP contribution >= 0.6 is 0 Å². The summed E-state index contributed by atoms with van der Waals surface area (Å²) in [7, 11) is 0. The summed E-state index contributed by atoms with van der Waals surface area (Å²) in [6.07, 6.45) is 0. The molecule has 0 N–H and O–H groups in total. The van der Waals surface area contributed by atoms with Gasteiger partial charge >= 0.3 is 0 Å². The van der Waals surface area contributed by atoms with Crippen molar-refractivity contribution in [3.8, 4) is 33.4 Å². The van der Waals surface area contributed by atoms with E-state index in [4.69, 9.17) is 4.42 Å². The Hall–Kier alpha value is -7.22. The van der Waals surface area contributed by atoms with Crippen LogP contribution in [0.1, 0.15) is 0 Å². The lowest BCUT2D eigenvalue weighted by Crippen LogP contribution is -1.91. The van der Waals surface area contributed by atoms with Crippen LogP contribution in [0.5, 0.6) is 0 Å². The second-order valence-electron chi connectivity index (χ2n) is 14.7. The van der Waals surface area contributed by atoms with E-state index in [1.54, 1.807) is 0 Å². The Labute approximate surface area is 317 Å². The standard InChI is InChI=1S/C54H32O/c1-2-15-38-33(12-1)24-28-48-50-32-37(26-29-51(50)55-54(38)48)53-46-22-9-7-20-44(46)52(45-21-8-10-23-47(45)53)36-14-11-13-34(30-36)35-25-27-43-41-18-4-3-16-39(41)40-17-5-6-19-42(40)49(43)31-35/h1-32H. The van der Waals surface area contributed by atoms with E-state index in [1.165, 1.54) is 92.6 Å². The molecule has 254 valence electrons. The maximum Gasteiger partial charge on any atom is 0.143 e. The molecule has 1 heterocycles. The molecule has 0 aliphatic rings. The van der Waals surface area contributed by atoms with Gasteiger partial charge in [0.25, 0.3) is 0 Å². The quantitative estimate of drug-likeness (QED) is 0.132. The summed E-state index contributed by atoms with van der Waals surface area (Å²) in [5, 5.41) is 17.3. The van der Waals surface area contributed by atoms with Crippen molar-refractivity contribution in [3.05, 3.63) is 194 Å². The minimum absolute atomic E-state index is 0.909. The average molecular weight is 697 g/mol. The van der Waals surface area contributed by atoms with Crippen molar-refractivity contribution in [3.63, 3.8) is 0 Å². The van der Waals surface area contributed by atoms with E-state index < -0.39 is 0 Å². The van der Waals surface area contributed by atoms with Crippen molar-refractivity contribution >= 4 is 86.6 Å². The van der Waals surface area contributed by atoms with E-state index in [2.05, 4.69) is 194 Å². The summed E-state index contributed by atoms with van der Waals surface area (Å²) < 4.78 is 6.52. The topological polar surface area (TPSA) is 13.1 Å². The Kier molecular flexibility index (Phi) is 6.40. The second-order valence-corrected chi connectivity index (χ2v) is 14.7. The lowest BCUT2D eigenvalue weighted by molar-refractivity contribution is 0.672. The van der Waals surface area contributed by atoms with Crippen LogP contribution in [0.2, 0.25) is 0 Å². The maximum atomic E-state index is 6.52. The highest BCUT2D eigenvalue weighted by molar-refractivity contribution is 6.26. The molecule has 0 amide bonds. The zero-order chi connectivity index (χ0) is 36.0. The van der Waals surface area contributed by atoms with Crippen molar-refractivity contribution < 1.29 is 4.42 Å². The molecule has 11 aromatic carbocycles. The summed E-state index contributed by atoms with van der Waals surface area (Å²) in [5.41, 5.74) is 9.18. The van der Waals surface area contributed by atoms with Crippen LogP contribution in [-0.2, 0) is 0 Å². The van der Waals surface area contributed by atoms with Crippen LogP contribution in [0.25, 0.3) is 120 Å². The maximum absolute atomic E-state index is 6.52. The Morgan fingerprint density at radius 3 is 1.31 bits per heavy atom. The number of fused-ring (bicyclic) bond motifs is 13. The molecule has 0 aliphatic carbocycles. The summed E-state index contributed by atoms with van der Waals surface area (Å²) in [5.74, 6) is 0. The van der Waals surface area contributed by atoms with Crippen LogP contribution in [0.15, 0.2) is 199 Å². The fourth-order valence-corrected chi connectivity index (χ4v) is 9.35. The zero-order valence-electron chi connectivity index (χ0n) is 29.9. The van der Waals surface area contributed by atoms with E-state index in [1.807, 2.05) is 0 Å². The van der Waals surface area contributed by atoms with Crippen LogP contribution in [0.3, 0.4) is 0 Å². The van der Waals surface area contributed by atoms with Gasteiger partial charge in [0.15, 0.2) is 0 Å². The Morgan fingerprint density at radius 2 is 0.673 bits per heavy atom. The van der Waals surface area contributed by atoms with Gasteiger partial charge in [-0.25, -0.2) is 0 Å². The Bertz CT molecular complexity index is 3460. The number of hydrogen-bond donors (Lipinski definition) is 0. The third-order valence-electron chi connectivity index (χ3n) is 11.8. The predicted octanol–water partition coefficient (Wildman–Crippen LogP) is 15.5. The van der Waals surface area contributed by atoms with E-state index in [0.717, 1.165) is 27.3 Å². The first-order chi connectivity index (χ1) is 27.3. The molecule has 1 nitrogen and oxygen atoms in total. The van der Waals surface area contributed by atoms with E-state index in [0.29, 0.717) is 0 Å². The van der Waals surface area contributed by atoms with Crippen LogP contribution in [-0.4, -0.2) is 0 Å². The first kappa shape index (κ1) is 30.3. The van der Waals surface area contributed by atoms with Gasteiger partial charge in [-0.2, -0.15) is 0 Å². The fraction of sp³-hybridized carbons (Fsp3) is 0. The largest absolute Gasteiger partial charge is 0.455 e. The molecule has 1 aromatic heterocycles. The zero-order valence-corrected chi connectivity index (χ0v) is 29.9. The highest BCUT2D eigenvalue weighted by atomic mass is 16.3. The van der Waals surface area contributed by atoms with Crippen molar-refractivity contribution in [2.75, 3.05) is 0 Å². The second kappa shape index (κ2) is 11.6. The van der Waals surface area contributed by atoms with Gasteiger partial charge in [0, 0.05) is 16.2 Å². The van der Waals surface area contributed by atoms with E-state index in [-0.39, 0.29) is 0 Å². The van der Waals surface area contributed by atoms with Crippen LogP contribution in [0.4, 0.5) is 0 Å². The summed E-state index contributed by atoms with van der Waals surface area (Å²) in [6, 6.07) is 71.1. The Morgan fingerprint density at radius 1 is 0.236 bits per heavy atom. The number of hydrogen-bond acceptors (Lipinski definition) is 1. The molecule has 12 aromatic rings. The molecule has 55 heavy (non-hydrogen) atoms. The van der Waals surface area contributed by atoms with Gasteiger partial charge in [0.2, 0.25) is 0 Å². The average Bonchev–Trinajstić information content (AvgIpc) is 3.64. The minimum atomic E-state index is 0.909. The monoisotopic (exact) mass is 696 g/mol. The number of furan rings is 1. The SMILES string of the molecule is c1cc(-c2ccc3c4ccccc4c4ccccc4c3c2)cc(-c2c3ccccc3c(-c3ccc4oc5c6ccccc6ccc5c4c3)c3ccccc23)c1. The smallest absolute Gasteiger partial charge is 0.143 e. The fourth-order valence-electron chi connectivity index (χ4n) is 9.35. The van der Waals surface area contributed by atoms with Gasteiger partial charge in [-0.05, 0) is 123 Å². The molecule has 1 heteroatoms. The van der Waals surface area contributed by atoms with Crippen molar-refractivity contribution in [2.45, 2.75) is 0 Å². The van der Waals surface area contributed by atoms with Gasteiger partial charge in [-0.3, -0.25) is 0 Å². The van der Waals surface area contributed by atoms with Gasteiger partial charge in [0.1, 0.15) is 11.2 Å².